The molecule has 0 fully saturated rings. The van der Waals surface area contributed by atoms with Crippen LogP contribution in [0.15, 0.2) is 23.2 Å². The first-order valence-corrected chi connectivity index (χ1v) is 7.95. The summed E-state index contributed by atoms with van der Waals surface area (Å²) < 4.78 is 5.49. The van der Waals surface area contributed by atoms with Crippen LogP contribution in [0.5, 0.6) is 0 Å². The minimum absolute atomic E-state index is 0. The number of hydrogen-bond donors (Lipinski definition) is 2. The molecule has 0 amide bonds. The summed E-state index contributed by atoms with van der Waals surface area (Å²) >= 11 is 0. The number of halogens is 1. The molecule has 124 valence electrons. The van der Waals surface area contributed by atoms with Crippen molar-refractivity contribution in [3.05, 3.63) is 29.3 Å². The molecule has 1 aromatic carbocycles. The Labute approximate surface area is 150 Å². The SMILES string of the molecule is CC(C)OCCCCN=C(N)Nc1ccc2c(c1)CCC2.I. The number of nitrogens with two attached hydrogens (primary N) is 1. The maximum Gasteiger partial charge on any atom is 0.193 e. The van der Waals surface area contributed by atoms with Crippen molar-refractivity contribution in [2.75, 3.05) is 18.5 Å². The van der Waals surface area contributed by atoms with Crippen LogP contribution in [0.4, 0.5) is 5.69 Å². The van der Waals surface area contributed by atoms with Gasteiger partial charge in [0.05, 0.1) is 6.10 Å². The number of aliphatic imine (C=N–C) groups is 1. The first kappa shape index (κ1) is 19.2. The fraction of sp³-hybridized carbons (Fsp3) is 0.588. The van der Waals surface area contributed by atoms with Crippen molar-refractivity contribution < 1.29 is 4.74 Å². The second kappa shape index (κ2) is 10.0. The van der Waals surface area contributed by atoms with Crippen molar-refractivity contribution in [2.24, 2.45) is 10.7 Å². The van der Waals surface area contributed by atoms with Crippen molar-refractivity contribution in [1.82, 2.24) is 0 Å². The van der Waals surface area contributed by atoms with E-state index in [9.17, 15) is 0 Å². The van der Waals surface area contributed by atoms with Crippen LogP contribution >= 0.6 is 24.0 Å². The Kier molecular flexibility index (Phi) is 8.78. The Balaban J connectivity index is 0.00000242. The van der Waals surface area contributed by atoms with Crippen molar-refractivity contribution in [1.29, 1.82) is 0 Å². The van der Waals surface area contributed by atoms with Gasteiger partial charge in [-0.15, -0.1) is 24.0 Å². The minimum Gasteiger partial charge on any atom is -0.379 e. The van der Waals surface area contributed by atoms with E-state index < -0.39 is 0 Å². The van der Waals surface area contributed by atoms with Gasteiger partial charge in [-0.1, -0.05) is 6.07 Å². The van der Waals surface area contributed by atoms with Crippen molar-refractivity contribution >= 4 is 35.6 Å². The Morgan fingerprint density at radius 3 is 2.82 bits per heavy atom. The van der Waals surface area contributed by atoms with Crippen molar-refractivity contribution in [3.63, 3.8) is 0 Å². The van der Waals surface area contributed by atoms with E-state index >= 15 is 0 Å². The van der Waals surface area contributed by atoms with E-state index in [1.807, 2.05) is 0 Å². The maximum absolute atomic E-state index is 5.92. The molecule has 1 aliphatic carbocycles. The third-order valence-electron chi connectivity index (χ3n) is 3.66. The molecule has 0 saturated heterocycles. The van der Waals surface area contributed by atoms with Gasteiger partial charge >= 0.3 is 0 Å². The summed E-state index contributed by atoms with van der Waals surface area (Å²) in [6, 6.07) is 6.48. The van der Waals surface area contributed by atoms with Crippen molar-refractivity contribution in [3.8, 4) is 0 Å². The van der Waals surface area contributed by atoms with E-state index in [-0.39, 0.29) is 24.0 Å². The average Bonchev–Trinajstić information content (AvgIpc) is 2.89. The highest BCUT2D eigenvalue weighted by atomic mass is 127. The standard InChI is InChI=1S/C17H27N3O.HI/c1-13(2)21-11-4-3-10-19-17(18)20-16-9-8-14-6-5-7-15(14)12-16;/h8-9,12-13H,3-7,10-11H2,1-2H3,(H3,18,19,20);1H. The quantitative estimate of drug-likeness (QED) is 0.308. The summed E-state index contributed by atoms with van der Waals surface area (Å²) in [6.45, 7) is 5.64. The molecule has 0 spiro atoms. The molecule has 3 N–H and O–H groups in total. The van der Waals surface area contributed by atoms with Gasteiger partial charge in [-0.2, -0.15) is 0 Å². The lowest BCUT2D eigenvalue weighted by Crippen LogP contribution is -2.23. The molecule has 22 heavy (non-hydrogen) atoms. The highest BCUT2D eigenvalue weighted by molar-refractivity contribution is 14.0. The normalized spacial score (nSPS) is 13.9. The Bertz CT molecular complexity index is 489. The molecule has 0 heterocycles. The number of rotatable bonds is 7. The molecule has 2 rings (SSSR count). The zero-order chi connectivity index (χ0) is 15.1. The van der Waals surface area contributed by atoms with Gasteiger partial charge in [-0.25, -0.2) is 0 Å². The van der Waals surface area contributed by atoms with Gasteiger partial charge in [-0.3, -0.25) is 4.99 Å². The molecule has 0 aromatic heterocycles. The maximum atomic E-state index is 5.92. The predicted octanol–water partition coefficient (Wildman–Crippen LogP) is 3.73. The van der Waals surface area contributed by atoms with Crippen LogP contribution < -0.4 is 11.1 Å². The lowest BCUT2D eigenvalue weighted by atomic mass is 10.1. The summed E-state index contributed by atoms with van der Waals surface area (Å²) in [5.74, 6) is 0.498. The van der Waals surface area contributed by atoms with Crippen molar-refractivity contribution in [2.45, 2.75) is 52.1 Å². The van der Waals surface area contributed by atoms with E-state index in [0.717, 1.165) is 31.7 Å². The number of fused-ring (bicyclic) bond motifs is 1. The molecule has 0 aliphatic heterocycles. The molecule has 1 aliphatic rings. The largest absolute Gasteiger partial charge is 0.379 e. The van der Waals surface area contributed by atoms with Gasteiger partial charge < -0.3 is 15.8 Å². The summed E-state index contributed by atoms with van der Waals surface area (Å²) in [4.78, 5) is 4.36. The van der Waals surface area contributed by atoms with Gasteiger partial charge in [0.2, 0.25) is 0 Å². The zero-order valence-electron chi connectivity index (χ0n) is 13.6. The number of anilines is 1. The first-order chi connectivity index (χ1) is 10.1. The van der Waals surface area contributed by atoms with E-state index in [4.69, 9.17) is 10.5 Å². The Morgan fingerprint density at radius 1 is 1.27 bits per heavy atom. The number of hydrogen-bond acceptors (Lipinski definition) is 2. The van der Waals surface area contributed by atoms with Crippen LogP contribution in [-0.4, -0.2) is 25.2 Å². The highest BCUT2D eigenvalue weighted by Gasteiger charge is 2.10. The zero-order valence-corrected chi connectivity index (χ0v) is 15.9. The molecular formula is C17H28IN3O. The van der Waals surface area contributed by atoms with Crippen LogP contribution in [0, 0.1) is 0 Å². The minimum atomic E-state index is 0. The number of ether oxygens (including phenoxy) is 1. The predicted molar refractivity (Wildman–Crippen MR) is 104 cm³/mol. The summed E-state index contributed by atoms with van der Waals surface area (Å²) in [7, 11) is 0. The van der Waals surface area contributed by atoms with Crippen LogP contribution in [-0.2, 0) is 17.6 Å². The Hall–Kier alpha value is -0.820. The fourth-order valence-electron chi connectivity index (χ4n) is 2.57. The third-order valence-corrected chi connectivity index (χ3v) is 3.66. The number of aryl methyl sites for hydroxylation is 2. The molecule has 0 atom stereocenters. The number of nitrogens with zero attached hydrogens (tertiary/aromatic N) is 1. The van der Waals surface area contributed by atoms with Gasteiger partial charge in [0, 0.05) is 18.8 Å². The molecular weight excluding hydrogens is 389 g/mol. The number of guanidine groups is 1. The number of benzene rings is 1. The second-order valence-electron chi connectivity index (χ2n) is 5.86. The third kappa shape index (κ3) is 6.52. The fourth-order valence-corrected chi connectivity index (χ4v) is 2.57. The van der Waals surface area contributed by atoms with Gasteiger partial charge in [-0.05, 0) is 69.2 Å². The second-order valence-corrected chi connectivity index (χ2v) is 5.86. The van der Waals surface area contributed by atoms with E-state index in [1.54, 1.807) is 0 Å². The molecule has 0 bridgehead atoms. The van der Waals surface area contributed by atoms with E-state index in [2.05, 4.69) is 42.4 Å². The molecule has 5 heteroatoms. The molecule has 4 nitrogen and oxygen atoms in total. The first-order valence-electron chi connectivity index (χ1n) is 7.95. The van der Waals surface area contributed by atoms with Gasteiger partial charge in [0.1, 0.15) is 0 Å². The lowest BCUT2D eigenvalue weighted by Gasteiger charge is -2.08. The van der Waals surface area contributed by atoms with Gasteiger partial charge in [0.15, 0.2) is 5.96 Å². The van der Waals surface area contributed by atoms with Crippen LogP contribution in [0.3, 0.4) is 0 Å². The summed E-state index contributed by atoms with van der Waals surface area (Å²) in [5.41, 5.74) is 9.88. The average molecular weight is 417 g/mol. The van der Waals surface area contributed by atoms with E-state index in [1.165, 1.54) is 30.4 Å². The molecule has 0 radical (unpaired) electrons. The monoisotopic (exact) mass is 417 g/mol. The Morgan fingerprint density at radius 2 is 2.05 bits per heavy atom. The smallest absolute Gasteiger partial charge is 0.193 e. The summed E-state index contributed by atoms with van der Waals surface area (Å²) in [5, 5.41) is 3.18. The van der Waals surface area contributed by atoms with Crippen LogP contribution in [0.25, 0.3) is 0 Å². The topological polar surface area (TPSA) is 59.6 Å². The van der Waals surface area contributed by atoms with E-state index in [0.29, 0.717) is 12.1 Å². The molecule has 0 unspecified atom stereocenters. The molecule has 0 saturated carbocycles. The summed E-state index contributed by atoms with van der Waals surface area (Å²) in [6.07, 6.45) is 5.98. The molecule has 1 aromatic rings. The lowest BCUT2D eigenvalue weighted by molar-refractivity contribution is 0.0764. The van der Waals surface area contributed by atoms with Gasteiger partial charge in [0.25, 0.3) is 0 Å². The van der Waals surface area contributed by atoms with Crippen LogP contribution in [0.1, 0.15) is 44.2 Å². The van der Waals surface area contributed by atoms with Crippen LogP contribution in [0.2, 0.25) is 0 Å². The highest BCUT2D eigenvalue weighted by Crippen LogP contribution is 2.24. The number of unbranched alkanes of at least 4 members (excludes halogenated alkanes) is 1. The number of nitrogens with one attached hydrogen (secondary N) is 1.